The van der Waals surface area contributed by atoms with Gasteiger partial charge in [-0.1, -0.05) is 29.3 Å². The number of hydrogen-bond donors (Lipinski definition) is 0. The molecule has 2 aromatic rings. The second-order valence-corrected chi connectivity index (χ2v) is 7.98. The molecule has 0 N–H and O–H groups in total. The van der Waals surface area contributed by atoms with Crippen molar-refractivity contribution in [1.82, 2.24) is 4.90 Å². The molecule has 5 nitrogen and oxygen atoms in total. The maximum atomic E-state index is 12.3. The molecule has 4 rings (SSSR count). The maximum Gasteiger partial charge on any atom is 0.265 e. The first-order chi connectivity index (χ1) is 13.6. The molecule has 1 amide bonds. The number of fused-ring (bicyclic) bond motifs is 1. The fourth-order valence-electron chi connectivity index (χ4n) is 3.78. The third-order valence-electron chi connectivity index (χ3n) is 5.27. The zero-order chi connectivity index (χ0) is 19.5. The highest BCUT2D eigenvalue weighted by Crippen LogP contribution is 2.34. The van der Waals surface area contributed by atoms with E-state index in [0.29, 0.717) is 11.6 Å². The second kappa shape index (κ2) is 8.60. The molecule has 0 aromatic heterocycles. The number of carbonyl (C=O) groups excluding carboxylic acids is 1. The number of anilines is 2. The van der Waals surface area contributed by atoms with Crippen LogP contribution in [0.15, 0.2) is 42.5 Å². The number of amides is 1. The quantitative estimate of drug-likeness (QED) is 0.735. The van der Waals surface area contributed by atoms with Crippen LogP contribution < -0.4 is 14.5 Å². The first kappa shape index (κ1) is 19.4. The fraction of sp³-hybridized carbons (Fsp3) is 0.381. The van der Waals surface area contributed by atoms with Gasteiger partial charge in [-0.3, -0.25) is 9.69 Å². The molecule has 2 aromatic carbocycles. The predicted octanol–water partition coefficient (Wildman–Crippen LogP) is 3.93. The Labute approximate surface area is 175 Å². The average molecular weight is 420 g/mol. The van der Waals surface area contributed by atoms with Gasteiger partial charge in [0.25, 0.3) is 5.91 Å². The molecule has 1 fully saturated rings. The van der Waals surface area contributed by atoms with Crippen molar-refractivity contribution in [2.24, 2.45) is 0 Å². The van der Waals surface area contributed by atoms with Crippen molar-refractivity contribution in [2.45, 2.75) is 6.42 Å². The van der Waals surface area contributed by atoms with E-state index in [1.807, 2.05) is 24.3 Å². The van der Waals surface area contributed by atoms with Crippen molar-refractivity contribution in [3.8, 4) is 5.75 Å². The van der Waals surface area contributed by atoms with Crippen LogP contribution in [0.5, 0.6) is 5.75 Å². The molecule has 0 saturated carbocycles. The number of rotatable bonds is 5. The van der Waals surface area contributed by atoms with E-state index in [-0.39, 0.29) is 12.5 Å². The first-order valence-electron chi connectivity index (χ1n) is 9.56. The van der Waals surface area contributed by atoms with Crippen LogP contribution in [0.25, 0.3) is 0 Å². The number of hydrogen-bond acceptors (Lipinski definition) is 4. The minimum absolute atomic E-state index is 0.0134. The lowest BCUT2D eigenvalue weighted by molar-refractivity contribution is -0.121. The zero-order valence-corrected chi connectivity index (χ0v) is 17.1. The summed E-state index contributed by atoms with van der Waals surface area (Å²) in [6, 6.07) is 13.4. The summed E-state index contributed by atoms with van der Waals surface area (Å²) in [5.74, 6) is 0.708. The molecule has 0 radical (unpaired) electrons. The molecule has 2 heterocycles. The summed E-state index contributed by atoms with van der Waals surface area (Å²) < 4.78 is 5.50. The summed E-state index contributed by atoms with van der Waals surface area (Å²) in [6.07, 6.45) is 0.912. The van der Waals surface area contributed by atoms with Gasteiger partial charge in [0.05, 0.1) is 5.69 Å². The Morgan fingerprint density at radius 3 is 2.50 bits per heavy atom. The van der Waals surface area contributed by atoms with Crippen LogP contribution in [0.4, 0.5) is 11.4 Å². The number of piperazine rings is 1. The third kappa shape index (κ3) is 4.37. The van der Waals surface area contributed by atoms with Crippen LogP contribution in [0.1, 0.15) is 6.42 Å². The monoisotopic (exact) mass is 419 g/mol. The largest absolute Gasteiger partial charge is 0.482 e. The molecular formula is C21H23Cl2N3O2. The molecule has 7 heteroatoms. The lowest BCUT2D eigenvalue weighted by Crippen LogP contribution is -2.47. The highest BCUT2D eigenvalue weighted by molar-refractivity contribution is 6.31. The van der Waals surface area contributed by atoms with Crippen LogP contribution in [0.2, 0.25) is 10.0 Å². The number of benzene rings is 2. The van der Waals surface area contributed by atoms with Gasteiger partial charge in [0.2, 0.25) is 0 Å². The third-order valence-corrected chi connectivity index (χ3v) is 5.74. The highest BCUT2D eigenvalue weighted by Gasteiger charge is 2.26. The summed E-state index contributed by atoms with van der Waals surface area (Å²) in [5.41, 5.74) is 1.95. The standard InChI is InChI=1S/C21H23Cl2N3O2/c22-16-3-1-4-18(13-16)25-11-9-24(10-12-25)7-2-8-26-19-14-17(23)5-6-20(19)28-15-21(26)27/h1,3-6,13-14H,2,7-12,15H2. The molecule has 0 atom stereocenters. The summed E-state index contributed by atoms with van der Waals surface area (Å²) in [4.78, 5) is 18.9. The Kier molecular flexibility index (Phi) is 5.95. The molecule has 2 aliphatic rings. The van der Waals surface area contributed by atoms with Gasteiger partial charge in [0.1, 0.15) is 5.75 Å². The summed E-state index contributed by atoms with van der Waals surface area (Å²) in [6.45, 7) is 5.70. The number of carbonyl (C=O) groups is 1. The van der Waals surface area contributed by atoms with E-state index in [1.165, 1.54) is 5.69 Å². The van der Waals surface area contributed by atoms with Gasteiger partial charge in [-0.2, -0.15) is 0 Å². The van der Waals surface area contributed by atoms with Gasteiger partial charge in [-0.05, 0) is 49.4 Å². The molecule has 0 bridgehead atoms. The highest BCUT2D eigenvalue weighted by atomic mass is 35.5. The van der Waals surface area contributed by atoms with Gasteiger partial charge in [0, 0.05) is 48.5 Å². The molecular weight excluding hydrogens is 397 g/mol. The smallest absolute Gasteiger partial charge is 0.265 e. The minimum Gasteiger partial charge on any atom is -0.482 e. The molecule has 0 unspecified atom stereocenters. The van der Waals surface area contributed by atoms with Crippen LogP contribution in [-0.4, -0.2) is 56.7 Å². The normalized spacial score (nSPS) is 17.4. The zero-order valence-electron chi connectivity index (χ0n) is 15.6. The maximum absolute atomic E-state index is 12.3. The Morgan fingerprint density at radius 1 is 0.929 bits per heavy atom. The van der Waals surface area contributed by atoms with E-state index in [9.17, 15) is 4.79 Å². The van der Waals surface area contributed by atoms with Crippen molar-refractivity contribution >= 4 is 40.5 Å². The molecule has 2 aliphatic heterocycles. The van der Waals surface area contributed by atoms with Crippen LogP contribution in [-0.2, 0) is 4.79 Å². The first-order valence-corrected chi connectivity index (χ1v) is 10.3. The van der Waals surface area contributed by atoms with Crippen LogP contribution in [0, 0.1) is 0 Å². The van der Waals surface area contributed by atoms with E-state index in [4.69, 9.17) is 27.9 Å². The van der Waals surface area contributed by atoms with Gasteiger partial charge in [-0.25, -0.2) is 0 Å². The second-order valence-electron chi connectivity index (χ2n) is 7.11. The Morgan fingerprint density at radius 2 is 1.71 bits per heavy atom. The van der Waals surface area contributed by atoms with E-state index < -0.39 is 0 Å². The SMILES string of the molecule is O=C1COc2ccc(Cl)cc2N1CCCN1CCN(c2cccc(Cl)c2)CC1. The van der Waals surface area contributed by atoms with E-state index >= 15 is 0 Å². The van der Waals surface area contributed by atoms with Crippen molar-refractivity contribution in [1.29, 1.82) is 0 Å². The van der Waals surface area contributed by atoms with Gasteiger partial charge in [-0.15, -0.1) is 0 Å². The molecule has 0 aliphatic carbocycles. The molecule has 28 heavy (non-hydrogen) atoms. The predicted molar refractivity (Wildman–Crippen MR) is 114 cm³/mol. The molecule has 1 saturated heterocycles. The number of nitrogens with zero attached hydrogens (tertiary/aromatic N) is 3. The van der Waals surface area contributed by atoms with Crippen molar-refractivity contribution in [3.63, 3.8) is 0 Å². The number of ether oxygens (including phenoxy) is 1. The van der Waals surface area contributed by atoms with Crippen LogP contribution >= 0.6 is 23.2 Å². The van der Waals surface area contributed by atoms with Crippen molar-refractivity contribution in [2.75, 3.05) is 55.7 Å². The minimum atomic E-state index is -0.0134. The summed E-state index contributed by atoms with van der Waals surface area (Å²) in [7, 11) is 0. The average Bonchev–Trinajstić information content (AvgIpc) is 2.70. The van der Waals surface area contributed by atoms with Gasteiger partial charge >= 0.3 is 0 Å². The Hall–Kier alpha value is -1.95. The lowest BCUT2D eigenvalue weighted by atomic mass is 10.2. The summed E-state index contributed by atoms with van der Waals surface area (Å²) >= 11 is 12.2. The Bertz CT molecular complexity index is 853. The lowest BCUT2D eigenvalue weighted by Gasteiger charge is -2.36. The molecule has 0 spiro atoms. The summed E-state index contributed by atoms with van der Waals surface area (Å²) in [5, 5.41) is 1.38. The topological polar surface area (TPSA) is 36.0 Å². The Balaban J connectivity index is 1.29. The van der Waals surface area contributed by atoms with Crippen LogP contribution in [0.3, 0.4) is 0 Å². The van der Waals surface area contributed by atoms with Crippen molar-refractivity contribution in [3.05, 3.63) is 52.5 Å². The van der Waals surface area contributed by atoms with E-state index in [2.05, 4.69) is 15.9 Å². The number of halogens is 2. The van der Waals surface area contributed by atoms with Crippen molar-refractivity contribution < 1.29 is 9.53 Å². The fourth-order valence-corrected chi connectivity index (χ4v) is 4.13. The van der Waals surface area contributed by atoms with Gasteiger partial charge < -0.3 is 14.5 Å². The van der Waals surface area contributed by atoms with E-state index in [1.54, 1.807) is 17.0 Å². The molecule has 148 valence electrons. The van der Waals surface area contributed by atoms with E-state index in [0.717, 1.165) is 55.6 Å². The van der Waals surface area contributed by atoms with Gasteiger partial charge in [0.15, 0.2) is 6.61 Å².